The third kappa shape index (κ3) is 2.65. The lowest BCUT2D eigenvalue weighted by molar-refractivity contribution is -0.118. The van der Waals surface area contributed by atoms with E-state index in [2.05, 4.69) is 17.4 Å². The van der Waals surface area contributed by atoms with Gasteiger partial charge >= 0.3 is 0 Å². The van der Waals surface area contributed by atoms with Crippen molar-refractivity contribution in [3.8, 4) is 0 Å². The Bertz CT molecular complexity index is 491. The van der Waals surface area contributed by atoms with Gasteiger partial charge in [-0.1, -0.05) is 12.1 Å². The zero-order valence-corrected chi connectivity index (χ0v) is 12.2. The van der Waals surface area contributed by atoms with Crippen LogP contribution in [0.5, 0.6) is 0 Å². The van der Waals surface area contributed by atoms with Crippen LogP contribution in [0.3, 0.4) is 0 Å². The summed E-state index contributed by atoms with van der Waals surface area (Å²) in [6, 6.07) is 6.36. The van der Waals surface area contributed by atoms with Gasteiger partial charge in [-0.15, -0.1) is 0 Å². The Labute approximate surface area is 115 Å². The first-order valence-electron chi connectivity index (χ1n) is 6.70. The summed E-state index contributed by atoms with van der Waals surface area (Å²) in [4.78, 5) is 13.4. The van der Waals surface area contributed by atoms with Crippen molar-refractivity contribution in [2.75, 3.05) is 19.0 Å². The van der Waals surface area contributed by atoms with Crippen LogP contribution in [0.15, 0.2) is 18.2 Å². The van der Waals surface area contributed by atoms with E-state index in [1.165, 1.54) is 11.1 Å². The van der Waals surface area contributed by atoms with E-state index >= 15 is 0 Å². The molecule has 4 heteroatoms. The third-order valence-corrected chi connectivity index (χ3v) is 3.81. The summed E-state index contributed by atoms with van der Waals surface area (Å²) in [5.41, 5.74) is 9.31. The number of benzene rings is 1. The Hall–Kier alpha value is -1.39. The molecule has 1 atom stereocenters. The molecule has 3 N–H and O–H groups in total. The first-order chi connectivity index (χ1) is 8.84. The minimum atomic E-state index is -0.334. The molecule has 0 spiro atoms. The molecule has 1 aromatic rings. The maximum absolute atomic E-state index is 11.7. The van der Waals surface area contributed by atoms with Crippen molar-refractivity contribution in [1.29, 1.82) is 0 Å². The zero-order chi connectivity index (χ0) is 14.2. The van der Waals surface area contributed by atoms with Gasteiger partial charge in [0.05, 0.1) is 0 Å². The van der Waals surface area contributed by atoms with Crippen LogP contribution in [0.1, 0.15) is 37.4 Å². The van der Waals surface area contributed by atoms with E-state index in [-0.39, 0.29) is 17.5 Å². The van der Waals surface area contributed by atoms with Gasteiger partial charge < -0.3 is 16.0 Å². The summed E-state index contributed by atoms with van der Waals surface area (Å²) in [6.07, 6.45) is 1.40. The van der Waals surface area contributed by atoms with Gasteiger partial charge in [-0.3, -0.25) is 4.79 Å². The van der Waals surface area contributed by atoms with Crippen molar-refractivity contribution in [3.05, 3.63) is 29.3 Å². The van der Waals surface area contributed by atoms with E-state index in [9.17, 15) is 4.79 Å². The maximum Gasteiger partial charge on any atom is 0.227 e. The molecular formula is C15H23N3O. The Morgan fingerprint density at radius 1 is 1.37 bits per heavy atom. The van der Waals surface area contributed by atoms with Gasteiger partial charge in [-0.2, -0.15) is 0 Å². The molecule has 19 heavy (non-hydrogen) atoms. The third-order valence-electron chi connectivity index (χ3n) is 3.81. The summed E-state index contributed by atoms with van der Waals surface area (Å²) in [6.45, 7) is 4.03. The molecule has 104 valence electrons. The lowest BCUT2D eigenvalue weighted by Crippen LogP contribution is -2.45. The van der Waals surface area contributed by atoms with E-state index in [0.29, 0.717) is 6.42 Å². The molecule has 0 saturated carbocycles. The predicted molar refractivity (Wildman–Crippen MR) is 78.2 cm³/mol. The number of fused-ring (bicyclic) bond motifs is 1. The number of nitrogens with two attached hydrogens (primary N) is 1. The van der Waals surface area contributed by atoms with Crippen molar-refractivity contribution >= 4 is 11.6 Å². The van der Waals surface area contributed by atoms with Crippen molar-refractivity contribution in [3.63, 3.8) is 0 Å². The fourth-order valence-corrected chi connectivity index (χ4v) is 2.82. The monoisotopic (exact) mass is 261 g/mol. The highest BCUT2D eigenvalue weighted by Crippen LogP contribution is 2.31. The van der Waals surface area contributed by atoms with E-state index in [4.69, 9.17) is 5.73 Å². The van der Waals surface area contributed by atoms with Crippen LogP contribution in [0, 0.1) is 0 Å². The number of amides is 1. The summed E-state index contributed by atoms with van der Waals surface area (Å²) in [5, 5.41) is 3.28. The molecule has 1 unspecified atom stereocenters. The van der Waals surface area contributed by atoms with E-state index < -0.39 is 0 Å². The molecule has 0 radical (unpaired) electrons. The molecular weight excluding hydrogens is 238 g/mol. The van der Waals surface area contributed by atoms with Crippen LogP contribution in [0.25, 0.3) is 0 Å². The van der Waals surface area contributed by atoms with Gasteiger partial charge in [0.1, 0.15) is 0 Å². The number of nitrogens with one attached hydrogen (secondary N) is 1. The molecule has 0 fully saturated rings. The molecule has 0 aromatic heterocycles. The van der Waals surface area contributed by atoms with Crippen molar-refractivity contribution in [2.45, 2.75) is 38.3 Å². The van der Waals surface area contributed by atoms with E-state index in [1.54, 1.807) is 4.90 Å². The molecule has 1 aliphatic rings. The van der Waals surface area contributed by atoms with Crippen LogP contribution >= 0.6 is 0 Å². The second-order valence-electron chi connectivity index (χ2n) is 5.88. The Kier molecular flexibility index (Phi) is 3.65. The minimum absolute atomic E-state index is 0.0979. The lowest BCUT2D eigenvalue weighted by atomic mass is 9.87. The van der Waals surface area contributed by atoms with Crippen LogP contribution in [-0.4, -0.2) is 25.5 Å². The standard InChI is InChI=1S/C15H23N3O/c1-15(2,16)14(17-3)11-5-7-12-10(9-11)6-8-13(19)18(12)4/h5,7,9,14,17H,6,8,16H2,1-4H3. The Morgan fingerprint density at radius 3 is 2.63 bits per heavy atom. The van der Waals surface area contributed by atoms with Crippen LogP contribution in [-0.2, 0) is 11.2 Å². The van der Waals surface area contributed by atoms with E-state index in [1.807, 2.05) is 34.0 Å². The van der Waals surface area contributed by atoms with Gasteiger partial charge in [0.25, 0.3) is 0 Å². The number of carbonyl (C=O) groups is 1. The molecule has 2 rings (SSSR count). The predicted octanol–water partition coefficient (Wildman–Crippen LogP) is 1.59. The Balaban J connectivity index is 2.39. The molecule has 1 heterocycles. The molecule has 0 saturated heterocycles. The van der Waals surface area contributed by atoms with Gasteiger partial charge in [-0.25, -0.2) is 0 Å². The van der Waals surface area contributed by atoms with Gasteiger partial charge in [0.2, 0.25) is 5.91 Å². The quantitative estimate of drug-likeness (QED) is 0.869. The molecule has 0 aliphatic carbocycles. The maximum atomic E-state index is 11.7. The second kappa shape index (κ2) is 4.94. The molecule has 0 bridgehead atoms. The number of anilines is 1. The van der Waals surface area contributed by atoms with Gasteiger partial charge in [-0.05, 0) is 44.5 Å². The number of rotatable bonds is 3. The van der Waals surface area contributed by atoms with Crippen molar-refractivity contribution in [1.82, 2.24) is 5.32 Å². The lowest BCUT2D eigenvalue weighted by Gasteiger charge is -2.32. The summed E-state index contributed by atoms with van der Waals surface area (Å²) in [7, 11) is 3.76. The highest BCUT2D eigenvalue weighted by Gasteiger charge is 2.27. The fourth-order valence-electron chi connectivity index (χ4n) is 2.82. The second-order valence-corrected chi connectivity index (χ2v) is 5.88. The highest BCUT2D eigenvalue weighted by atomic mass is 16.2. The Morgan fingerprint density at radius 2 is 2.05 bits per heavy atom. The molecule has 1 amide bonds. The van der Waals surface area contributed by atoms with Crippen LogP contribution in [0.4, 0.5) is 5.69 Å². The topological polar surface area (TPSA) is 58.4 Å². The number of aryl methyl sites for hydroxylation is 1. The largest absolute Gasteiger partial charge is 0.324 e. The SMILES string of the molecule is CNC(c1ccc2c(c1)CCC(=O)N2C)C(C)(C)N. The van der Waals surface area contributed by atoms with Crippen LogP contribution in [0.2, 0.25) is 0 Å². The molecule has 1 aromatic carbocycles. The normalized spacial score (nSPS) is 17.3. The van der Waals surface area contributed by atoms with E-state index in [0.717, 1.165) is 12.1 Å². The van der Waals surface area contributed by atoms with Gasteiger partial charge in [0, 0.05) is 30.7 Å². The molecule has 4 nitrogen and oxygen atoms in total. The smallest absolute Gasteiger partial charge is 0.227 e. The first-order valence-corrected chi connectivity index (χ1v) is 6.70. The summed E-state index contributed by atoms with van der Waals surface area (Å²) >= 11 is 0. The fraction of sp³-hybridized carbons (Fsp3) is 0.533. The van der Waals surface area contributed by atoms with Crippen molar-refractivity contribution in [2.24, 2.45) is 5.73 Å². The first kappa shape index (κ1) is 14.0. The average molecular weight is 261 g/mol. The summed E-state index contributed by atoms with van der Waals surface area (Å²) < 4.78 is 0. The minimum Gasteiger partial charge on any atom is -0.324 e. The average Bonchev–Trinajstić information content (AvgIpc) is 2.33. The number of hydrogen-bond donors (Lipinski definition) is 2. The highest BCUT2D eigenvalue weighted by molar-refractivity contribution is 5.95. The zero-order valence-electron chi connectivity index (χ0n) is 12.2. The number of likely N-dealkylation sites (N-methyl/N-ethyl adjacent to an activating group) is 1. The number of carbonyl (C=O) groups excluding carboxylic acids is 1. The number of nitrogens with zero attached hydrogens (tertiary/aromatic N) is 1. The van der Waals surface area contributed by atoms with Crippen molar-refractivity contribution < 1.29 is 4.79 Å². The molecule has 1 aliphatic heterocycles. The van der Waals surface area contributed by atoms with Crippen LogP contribution < -0.4 is 16.0 Å². The number of hydrogen-bond acceptors (Lipinski definition) is 3. The van der Waals surface area contributed by atoms with Gasteiger partial charge in [0.15, 0.2) is 0 Å². The summed E-state index contributed by atoms with van der Waals surface area (Å²) in [5.74, 6) is 0.185.